The summed E-state index contributed by atoms with van der Waals surface area (Å²) in [6.45, 7) is 4.28. The minimum atomic E-state index is -3.88. The number of carbonyl (C=O) groups is 2. The molecule has 0 bridgehead atoms. The molecule has 0 unspecified atom stereocenters. The van der Waals surface area contributed by atoms with Gasteiger partial charge in [0.25, 0.3) is 5.91 Å². The summed E-state index contributed by atoms with van der Waals surface area (Å²) in [4.78, 5) is 27.3. The molecule has 11 heteroatoms. The molecule has 0 saturated carbocycles. The van der Waals surface area contributed by atoms with Crippen LogP contribution in [0.5, 0.6) is 0 Å². The second-order valence-electron chi connectivity index (χ2n) is 10.3. The predicted molar refractivity (Wildman–Crippen MR) is 161 cm³/mol. The van der Waals surface area contributed by atoms with Crippen LogP contribution in [-0.2, 0) is 21.4 Å². The molecule has 0 radical (unpaired) electrons. The van der Waals surface area contributed by atoms with E-state index >= 15 is 0 Å². The van der Waals surface area contributed by atoms with Gasteiger partial charge < -0.3 is 15.2 Å². The third-order valence-corrected chi connectivity index (χ3v) is 9.50. The topological polar surface area (TPSA) is 119 Å². The van der Waals surface area contributed by atoms with Crippen molar-refractivity contribution in [2.45, 2.75) is 49.7 Å². The van der Waals surface area contributed by atoms with Crippen LogP contribution in [0.25, 0.3) is 11.1 Å². The maximum absolute atomic E-state index is 13.5. The van der Waals surface area contributed by atoms with Crippen LogP contribution < -0.4 is 34.0 Å². The van der Waals surface area contributed by atoms with E-state index in [0.29, 0.717) is 29.7 Å². The Labute approximate surface area is 264 Å². The van der Waals surface area contributed by atoms with Crippen molar-refractivity contribution in [3.05, 3.63) is 89.5 Å². The number of aliphatic carboxylic acids is 1. The van der Waals surface area contributed by atoms with E-state index in [-0.39, 0.29) is 41.8 Å². The average molecular weight is 602 g/mol. The fourth-order valence-corrected chi connectivity index (χ4v) is 6.85. The number of hydrogen-bond donors (Lipinski definition) is 2. The summed E-state index contributed by atoms with van der Waals surface area (Å²) in [5, 5.41) is 14.2. The molecule has 42 heavy (non-hydrogen) atoms. The van der Waals surface area contributed by atoms with Crippen LogP contribution in [0, 0.1) is 6.92 Å². The van der Waals surface area contributed by atoms with Gasteiger partial charge in [-0.15, -0.1) is 0 Å². The molecule has 0 aliphatic carbocycles. The molecular formula is C31H36LiN3O5S2. The van der Waals surface area contributed by atoms with Gasteiger partial charge in [-0.25, -0.2) is 13.1 Å². The molecule has 2 N–H and O–H groups in total. The van der Waals surface area contributed by atoms with Crippen LogP contribution in [0.1, 0.15) is 40.7 Å². The van der Waals surface area contributed by atoms with Crippen molar-refractivity contribution in [3.63, 3.8) is 0 Å². The SMILES string of the molecule is CSCC[C@H](NC(=O)c1ccc(S(=O)(=O)NC2CCN(Cc3ccccc3)CC2)cc1-c1ccccc1C)C(=O)[O-].[Li+]. The number of amides is 1. The minimum absolute atomic E-state index is 0. The summed E-state index contributed by atoms with van der Waals surface area (Å²) in [6, 6.07) is 20.6. The Bertz CT molecular complexity index is 1460. The number of nitrogens with one attached hydrogen (secondary N) is 2. The van der Waals surface area contributed by atoms with Crippen molar-refractivity contribution in [1.29, 1.82) is 0 Å². The zero-order chi connectivity index (χ0) is 29.4. The van der Waals surface area contributed by atoms with E-state index in [1.54, 1.807) is 0 Å². The number of sulfonamides is 1. The zero-order valence-corrected chi connectivity index (χ0v) is 26.0. The van der Waals surface area contributed by atoms with Crippen molar-refractivity contribution in [2.75, 3.05) is 25.1 Å². The average Bonchev–Trinajstić information content (AvgIpc) is 2.96. The fourth-order valence-electron chi connectivity index (χ4n) is 5.05. The Morgan fingerprint density at radius 3 is 2.31 bits per heavy atom. The molecular weight excluding hydrogens is 565 g/mol. The van der Waals surface area contributed by atoms with Crippen LogP contribution in [0.3, 0.4) is 0 Å². The monoisotopic (exact) mass is 601 g/mol. The third kappa shape index (κ3) is 8.96. The number of carbonyl (C=O) groups excluding carboxylic acids is 2. The van der Waals surface area contributed by atoms with E-state index in [1.807, 2.05) is 55.6 Å². The van der Waals surface area contributed by atoms with Gasteiger partial charge in [-0.05, 0) is 78.6 Å². The first-order valence-electron chi connectivity index (χ1n) is 13.7. The standard InChI is InChI=1S/C31H37N3O5S2.Li/c1-22-8-6-7-11-26(22)28-20-25(12-13-27(28)30(35)32-29(31(36)37)16-19-40-2)41(38,39)33-24-14-17-34(18-15-24)21-23-9-4-3-5-10-23;/h3-13,20,24,29,33H,14-19,21H2,1-2H3,(H,32,35)(H,36,37);/q;+1/p-1/t29-;/m0./s1. The largest absolute Gasteiger partial charge is 1.00 e. The Kier molecular flexibility index (Phi) is 12.7. The second kappa shape index (κ2) is 15.8. The van der Waals surface area contributed by atoms with Gasteiger partial charge in [0.2, 0.25) is 10.0 Å². The molecule has 1 amide bonds. The number of rotatable bonds is 12. The van der Waals surface area contributed by atoms with E-state index in [4.69, 9.17) is 0 Å². The van der Waals surface area contributed by atoms with Crippen LogP contribution in [-0.4, -0.2) is 62.4 Å². The summed E-state index contributed by atoms with van der Waals surface area (Å²) in [5.74, 6) is -1.42. The van der Waals surface area contributed by atoms with E-state index in [0.717, 1.165) is 25.2 Å². The third-order valence-electron chi connectivity index (χ3n) is 7.34. The molecule has 1 heterocycles. The van der Waals surface area contributed by atoms with Crippen molar-refractivity contribution in [2.24, 2.45) is 0 Å². The maximum atomic E-state index is 13.5. The first kappa shape index (κ1) is 33.9. The van der Waals surface area contributed by atoms with Crippen molar-refractivity contribution < 1.29 is 42.0 Å². The van der Waals surface area contributed by atoms with E-state index in [9.17, 15) is 23.1 Å². The number of thioether (sulfide) groups is 1. The van der Waals surface area contributed by atoms with Crippen molar-refractivity contribution in [3.8, 4) is 11.1 Å². The molecule has 1 atom stereocenters. The Morgan fingerprint density at radius 2 is 1.67 bits per heavy atom. The molecule has 0 spiro atoms. The first-order valence-corrected chi connectivity index (χ1v) is 16.5. The van der Waals surface area contributed by atoms with E-state index in [2.05, 4.69) is 27.1 Å². The molecule has 3 aromatic rings. The number of hydrogen-bond acceptors (Lipinski definition) is 7. The van der Waals surface area contributed by atoms with Gasteiger partial charge in [0.05, 0.1) is 16.9 Å². The van der Waals surface area contributed by atoms with Gasteiger partial charge in [-0.3, -0.25) is 9.69 Å². The molecule has 1 fully saturated rings. The minimum Gasteiger partial charge on any atom is -0.548 e. The smallest absolute Gasteiger partial charge is 0.548 e. The molecule has 3 aromatic carbocycles. The van der Waals surface area contributed by atoms with E-state index in [1.165, 1.54) is 35.5 Å². The molecule has 0 aromatic heterocycles. The summed E-state index contributed by atoms with van der Waals surface area (Å²) in [6.07, 6.45) is 3.46. The molecule has 1 aliphatic heterocycles. The van der Waals surface area contributed by atoms with Gasteiger partial charge in [0.1, 0.15) is 0 Å². The van der Waals surface area contributed by atoms with Crippen LogP contribution >= 0.6 is 11.8 Å². The second-order valence-corrected chi connectivity index (χ2v) is 13.0. The van der Waals surface area contributed by atoms with Crippen molar-refractivity contribution in [1.82, 2.24) is 14.9 Å². The molecule has 1 saturated heterocycles. The van der Waals surface area contributed by atoms with Crippen LogP contribution in [0.4, 0.5) is 0 Å². The number of piperidine rings is 1. The number of benzene rings is 3. The summed E-state index contributed by atoms with van der Waals surface area (Å²) in [7, 11) is -3.88. The maximum Gasteiger partial charge on any atom is 1.00 e. The number of carboxylic acids is 1. The Morgan fingerprint density at radius 1 is 1.00 bits per heavy atom. The van der Waals surface area contributed by atoms with Gasteiger partial charge in [-0.2, -0.15) is 11.8 Å². The van der Waals surface area contributed by atoms with Crippen molar-refractivity contribution >= 4 is 33.7 Å². The number of likely N-dealkylation sites (tertiary alicyclic amines) is 1. The summed E-state index contributed by atoms with van der Waals surface area (Å²) in [5.41, 5.74) is 3.40. The number of carboxylic acid groups (broad SMARTS) is 1. The molecule has 1 aliphatic rings. The molecule has 8 nitrogen and oxygen atoms in total. The van der Waals surface area contributed by atoms with Crippen LogP contribution in [0.15, 0.2) is 77.7 Å². The molecule has 218 valence electrons. The Hall–Kier alpha value is -2.58. The Balaban J connectivity index is 0.00000484. The summed E-state index contributed by atoms with van der Waals surface area (Å²) < 4.78 is 29.9. The van der Waals surface area contributed by atoms with Gasteiger partial charge in [0, 0.05) is 31.2 Å². The number of aryl methyl sites for hydroxylation is 1. The van der Waals surface area contributed by atoms with Gasteiger partial charge >= 0.3 is 18.9 Å². The van der Waals surface area contributed by atoms with E-state index < -0.39 is 27.9 Å². The predicted octanol–water partition coefficient (Wildman–Crippen LogP) is 0.210. The summed E-state index contributed by atoms with van der Waals surface area (Å²) >= 11 is 1.47. The molecule has 4 rings (SSSR count). The van der Waals surface area contributed by atoms with Gasteiger partial charge in [-0.1, -0.05) is 54.6 Å². The fraction of sp³-hybridized carbons (Fsp3) is 0.355. The zero-order valence-electron chi connectivity index (χ0n) is 24.3. The van der Waals surface area contributed by atoms with Crippen LogP contribution in [0.2, 0.25) is 0 Å². The number of nitrogens with zero attached hydrogens (tertiary/aromatic N) is 1. The normalized spacial score (nSPS) is 15.0. The quantitative estimate of drug-likeness (QED) is 0.285. The first-order chi connectivity index (χ1) is 19.7. The van der Waals surface area contributed by atoms with Gasteiger partial charge in [0.15, 0.2) is 0 Å².